The zero-order valence-corrected chi connectivity index (χ0v) is 10.6. The number of hydrogen-bond acceptors (Lipinski definition) is 3. The average molecular weight is 230 g/mol. The van der Waals surface area contributed by atoms with E-state index in [2.05, 4.69) is 18.7 Å². The molecule has 1 heterocycles. The van der Waals surface area contributed by atoms with Gasteiger partial charge in [0.25, 0.3) is 0 Å². The molecule has 1 atom stereocenters. The highest BCUT2D eigenvalue weighted by Gasteiger charge is 2.18. The Balaban J connectivity index is 2.27. The van der Waals surface area contributed by atoms with Gasteiger partial charge in [-0.25, -0.2) is 0 Å². The van der Waals surface area contributed by atoms with Crippen LogP contribution in [0.5, 0.6) is 0 Å². The fourth-order valence-electron chi connectivity index (χ4n) is 1.90. The van der Waals surface area contributed by atoms with Gasteiger partial charge in [-0.3, -0.25) is 4.90 Å². The van der Waals surface area contributed by atoms with Crippen molar-refractivity contribution >= 4 is 17.2 Å². The van der Waals surface area contributed by atoms with Gasteiger partial charge < -0.3 is 10.5 Å². The van der Waals surface area contributed by atoms with E-state index in [1.165, 1.54) is 12.8 Å². The Kier molecular flexibility index (Phi) is 5.50. The minimum atomic E-state index is 0.456. The standard InChI is InChI=1S/C11H22N2OS/c1-9(2)13(8-11(12)15)6-5-10-4-3-7-14-10/h9-10H,3-8H2,1-2H3,(H2,12,15). The summed E-state index contributed by atoms with van der Waals surface area (Å²) in [6.45, 7) is 7.03. The summed E-state index contributed by atoms with van der Waals surface area (Å²) in [7, 11) is 0. The molecule has 0 aromatic heterocycles. The molecular weight excluding hydrogens is 208 g/mol. The van der Waals surface area contributed by atoms with Crippen molar-refractivity contribution in [2.75, 3.05) is 19.7 Å². The van der Waals surface area contributed by atoms with E-state index < -0.39 is 0 Å². The Morgan fingerprint density at radius 2 is 2.33 bits per heavy atom. The van der Waals surface area contributed by atoms with Crippen molar-refractivity contribution in [1.82, 2.24) is 4.90 Å². The molecule has 0 aliphatic carbocycles. The predicted molar refractivity (Wildman–Crippen MR) is 67.1 cm³/mol. The normalized spacial score (nSPS) is 21.5. The van der Waals surface area contributed by atoms with Crippen LogP contribution >= 0.6 is 12.2 Å². The summed E-state index contributed by atoms with van der Waals surface area (Å²) in [6.07, 6.45) is 3.97. The summed E-state index contributed by atoms with van der Waals surface area (Å²) in [6, 6.07) is 0.493. The molecule has 4 heteroatoms. The fourth-order valence-corrected chi connectivity index (χ4v) is 2.07. The van der Waals surface area contributed by atoms with Crippen molar-refractivity contribution in [1.29, 1.82) is 0 Å². The predicted octanol–water partition coefficient (Wildman–Crippen LogP) is 1.55. The van der Waals surface area contributed by atoms with Crippen LogP contribution in [0.4, 0.5) is 0 Å². The van der Waals surface area contributed by atoms with Crippen LogP contribution in [0.1, 0.15) is 33.1 Å². The van der Waals surface area contributed by atoms with E-state index in [1.54, 1.807) is 0 Å². The fraction of sp³-hybridized carbons (Fsp3) is 0.909. The first-order valence-corrected chi connectivity index (χ1v) is 6.14. The first kappa shape index (κ1) is 12.9. The zero-order chi connectivity index (χ0) is 11.3. The molecule has 2 N–H and O–H groups in total. The van der Waals surface area contributed by atoms with Crippen molar-refractivity contribution in [2.45, 2.75) is 45.3 Å². The number of nitrogens with zero attached hydrogens (tertiary/aromatic N) is 1. The second kappa shape index (κ2) is 6.40. The molecule has 0 radical (unpaired) electrons. The van der Waals surface area contributed by atoms with Gasteiger partial charge in [0.2, 0.25) is 0 Å². The van der Waals surface area contributed by atoms with Gasteiger partial charge in [0.15, 0.2) is 0 Å². The van der Waals surface area contributed by atoms with Crippen molar-refractivity contribution in [3.8, 4) is 0 Å². The number of ether oxygens (including phenoxy) is 1. The molecule has 0 saturated carbocycles. The van der Waals surface area contributed by atoms with Gasteiger partial charge in [-0.1, -0.05) is 12.2 Å². The third-order valence-corrected chi connectivity index (χ3v) is 2.98. The topological polar surface area (TPSA) is 38.5 Å². The molecule has 0 aromatic carbocycles. The Morgan fingerprint density at radius 3 is 2.80 bits per heavy atom. The van der Waals surface area contributed by atoms with E-state index in [4.69, 9.17) is 22.7 Å². The van der Waals surface area contributed by atoms with Crippen molar-refractivity contribution in [2.24, 2.45) is 5.73 Å². The van der Waals surface area contributed by atoms with Gasteiger partial charge in [-0.2, -0.15) is 0 Å². The van der Waals surface area contributed by atoms with E-state index in [0.29, 0.717) is 17.1 Å². The Hall–Kier alpha value is -0.190. The molecule has 1 rings (SSSR count). The highest BCUT2D eigenvalue weighted by molar-refractivity contribution is 7.80. The van der Waals surface area contributed by atoms with Gasteiger partial charge in [0, 0.05) is 25.7 Å². The number of thiocarbonyl (C=S) groups is 1. The largest absolute Gasteiger partial charge is 0.392 e. The van der Waals surface area contributed by atoms with Crippen LogP contribution in [-0.4, -0.2) is 41.7 Å². The molecule has 1 saturated heterocycles. The molecule has 0 bridgehead atoms. The lowest BCUT2D eigenvalue weighted by Crippen LogP contribution is -2.39. The SMILES string of the molecule is CC(C)N(CCC1CCCO1)CC(N)=S. The second-order valence-electron chi connectivity index (χ2n) is 4.45. The van der Waals surface area contributed by atoms with Crippen molar-refractivity contribution < 1.29 is 4.74 Å². The average Bonchev–Trinajstić information content (AvgIpc) is 2.63. The first-order chi connectivity index (χ1) is 7.09. The van der Waals surface area contributed by atoms with E-state index in [1.807, 2.05) is 0 Å². The molecule has 0 amide bonds. The number of hydrogen-bond donors (Lipinski definition) is 1. The molecule has 1 unspecified atom stereocenters. The summed E-state index contributed by atoms with van der Waals surface area (Å²) >= 11 is 4.94. The van der Waals surface area contributed by atoms with E-state index >= 15 is 0 Å². The maximum absolute atomic E-state index is 5.60. The summed E-state index contributed by atoms with van der Waals surface area (Å²) in [5, 5.41) is 0. The minimum Gasteiger partial charge on any atom is -0.392 e. The van der Waals surface area contributed by atoms with Gasteiger partial charge in [-0.15, -0.1) is 0 Å². The van der Waals surface area contributed by atoms with Crippen LogP contribution in [0.15, 0.2) is 0 Å². The Labute approximate surface area is 98.0 Å². The quantitative estimate of drug-likeness (QED) is 0.703. The summed E-state index contributed by atoms with van der Waals surface area (Å²) in [5.41, 5.74) is 5.57. The lowest BCUT2D eigenvalue weighted by atomic mass is 10.1. The Morgan fingerprint density at radius 1 is 1.60 bits per heavy atom. The van der Waals surface area contributed by atoms with Crippen LogP contribution in [0.25, 0.3) is 0 Å². The van der Waals surface area contributed by atoms with Gasteiger partial charge in [0.1, 0.15) is 0 Å². The van der Waals surface area contributed by atoms with E-state index in [0.717, 1.165) is 26.1 Å². The van der Waals surface area contributed by atoms with Crippen LogP contribution in [0.2, 0.25) is 0 Å². The monoisotopic (exact) mass is 230 g/mol. The minimum absolute atomic E-state index is 0.456. The van der Waals surface area contributed by atoms with Crippen LogP contribution in [0.3, 0.4) is 0 Å². The third kappa shape index (κ3) is 4.91. The van der Waals surface area contributed by atoms with Gasteiger partial charge >= 0.3 is 0 Å². The van der Waals surface area contributed by atoms with Crippen LogP contribution in [0, 0.1) is 0 Å². The third-order valence-electron chi connectivity index (χ3n) is 2.85. The molecule has 88 valence electrons. The van der Waals surface area contributed by atoms with Crippen molar-refractivity contribution in [3.05, 3.63) is 0 Å². The first-order valence-electron chi connectivity index (χ1n) is 5.73. The van der Waals surface area contributed by atoms with Gasteiger partial charge in [0.05, 0.1) is 11.1 Å². The van der Waals surface area contributed by atoms with Crippen molar-refractivity contribution in [3.63, 3.8) is 0 Å². The van der Waals surface area contributed by atoms with Crippen LogP contribution in [-0.2, 0) is 4.74 Å². The summed E-state index contributed by atoms with van der Waals surface area (Å²) in [5.74, 6) is 0. The van der Waals surface area contributed by atoms with E-state index in [-0.39, 0.29) is 0 Å². The highest BCUT2D eigenvalue weighted by atomic mass is 32.1. The second-order valence-corrected chi connectivity index (χ2v) is 4.98. The van der Waals surface area contributed by atoms with E-state index in [9.17, 15) is 0 Å². The molecule has 1 aliphatic rings. The summed E-state index contributed by atoms with van der Waals surface area (Å²) < 4.78 is 5.60. The lowest BCUT2D eigenvalue weighted by molar-refractivity contribution is 0.0901. The lowest BCUT2D eigenvalue weighted by Gasteiger charge is -2.26. The smallest absolute Gasteiger partial charge is 0.0870 e. The zero-order valence-electron chi connectivity index (χ0n) is 9.74. The van der Waals surface area contributed by atoms with Gasteiger partial charge in [-0.05, 0) is 33.1 Å². The molecule has 15 heavy (non-hydrogen) atoms. The van der Waals surface area contributed by atoms with Crippen LogP contribution < -0.4 is 5.73 Å². The number of rotatable bonds is 6. The maximum Gasteiger partial charge on any atom is 0.0870 e. The highest BCUT2D eigenvalue weighted by Crippen LogP contribution is 2.16. The molecule has 3 nitrogen and oxygen atoms in total. The summed E-state index contributed by atoms with van der Waals surface area (Å²) in [4.78, 5) is 2.89. The molecule has 0 spiro atoms. The molecular formula is C11H22N2OS. The Bertz CT molecular complexity index is 203. The maximum atomic E-state index is 5.60. The molecule has 1 aliphatic heterocycles. The molecule has 1 fully saturated rings. The number of nitrogens with two attached hydrogens (primary N) is 1. The molecule has 0 aromatic rings.